The van der Waals surface area contributed by atoms with Gasteiger partial charge in [-0.15, -0.1) is 0 Å². The Labute approximate surface area is 114 Å². The number of halogens is 4. The summed E-state index contributed by atoms with van der Waals surface area (Å²) >= 11 is 0. The van der Waals surface area contributed by atoms with E-state index in [0.717, 1.165) is 12.1 Å². The van der Waals surface area contributed by atoms with Gasteiger partial charge in [-0.25, -0.2) is 4.39 Å². The summed E-state index contributed by atoms with van der Waals surface area (Å²) in [5, 5.41) is 0. The second-order valence-electron chi connectivity index (χ2n) is 4.25. The first-order valence-electron chi connectivity index (χ1n) is 6.18. The van der Waals surface area contributed by atoms with Gasteiger partial charge in [-0.3, -0.25) is 4.79 Å². The van der Waals surface area contributed by atoms with Gasteiger partial charge in [0.05, 0.1) is 11.1 Å². The summed E-state index contributed by atoms with van der Waals surface area (Å²) < 4.78 is 51.7. The lowest BCUT2D eigenvalue weighted by Crippen LogP contribution is -2.36. The molecule has 0 aliphatic carbocycles. The van der Waals surface area contributed by atoms with E-state index in [1.165, 1.54) is 4.90 Å². The molecule has 0 spiro atoms. The minimum atomic E-state index is -4.83. The van der Waals surface area contributed by atoms with E-state index in [4.69, 9.17) is 5.73 Å². The van der Waals surface area contributed by atoms with Crippen LogP contribution in [0.25, 0.3) is 0 Å². The van der Waals surface area contributed by atoms with Crippen LogP contribution in [0.2, 0.25) is 0 Å². The summed E-state index contributed by atoms with van der Waals surface area (Å²) in [6.07, 6.45) is -4.23. The van der Waals surface area contributed by atoms with Crippen LogP contribution in [0.3, 0.4) is 0 Å². The SMILES string of the molecule is CCCN(CCN)C(=O)c1cccc(C(F)(F)F)c1F. The third-order valence-corrected chi connectivity index (χ3v) is 2.71. The van der Waals surface area contributed by atoms with Crippen molar-refractivity contribution in [2.45, 2.75) is 19.5 Å². The molecule has 0 heterocycles. The number of benzene rings is 1. The summed E-state index contributed by atoms with van der Waals surface area (Å²) in [5.41, 5.74) is 3.33. The highest BCUT2D eigenvalue weighted by atomic mass is 19.4. The van der Waals surface area contributed by atoms with Crippen molar-refractivity contribution < 1.29 is 22.4 Å². The number of hydrogen-bond donors (Lipinski definition) is 1. The van der Waals surface area contributed by atoms with E-state index < -0.39 is 29.0 Å². The summed E-state index contributed by atoms with van der Waals surface area (Å²) in [4.78, 5) is 13.3. The third-order valence-electron chi connectivity index (χ3n) is 2.71. The monoisotopic (exact) mass is 292 g/mol. The lowest BCUT2D eigenvalue weighted by atomic mass is 10.1. The number of alkyl halides is 3. The number of nitrogens with zero attached hydrogens (tertiary/aromatic N) is 1. The summed E-state index contributed by atoms with van der Waals surface area (Å²) in [5.74, 6) is -2.32. The molecule has 112 valence electrons. The minimum absolute atomic E-state index is 0.159. The molecule has 3 nitrogen and oxygen atoms in total. The largest absolute Gasteiger partial charge is 0.419 e. The Morgan fingerprint density at radius 3 is 2.45 bits per heavy atom. The van der Waals surface area contributed by atoms with Crippen molar-refractivity contribution in [2.75, 3.05) is 19.6 Å². The number of rotatable bonds is 5. The maximum absolute atomic E-state index is 13.9. The fraction of sp³-hybridized carbons (Fsp3) is 0.462. The fourth-order valence-corrected chi connectivity index (χ4v) is 1.83. The zero-order valence-corrected chi connectivity index (χ0v) is 11.0. The molecule has 0 saturated heterocycles. The molecule has 0 aliphatic rings. The molecule has 0 aliphatic heterocycles. The third kappa shape index (κ3) is 3.69. The van der Waals surface area contributed by atoms with Gasteiger partial charge in [0.15, 0.2) is 0 Å². The topological polar surface area (TPSA) is 46.3 Å². The van der Waals surface area contributed by atoms with Crippen molar-refractivity contribution >= 4 is 5.91 Å². The Hall–Kier alpha value is -1.63. The molecule has 0 unspecified atom stereocenters. The van der Waals surface area contributed by atoms with Crippen LogP contribution >= 0.6 is 0 Å². The van der Waals surface area contributed by atoms with Crippen molar-refractivity contribution in [3.8, 4) is 0 Å². The quantitative estimate of drug-likeness (QED) is 0.848. The molecule has 2 N–H and O–H groups in total. The van der Waals surface area contributed by atoms with Gasteiger partial charge in [-0.2, -0.15) is 13.2 Å². The minimum Gasteiger partial charge on any atom is -0.337 e. The van der Waals surface area contributed by atoms with Crippen molar-refractivity contribution in [1.29, 1.82) is 0 Å². The Balaban J connectivity index is 3.16. The first-order chi connectivity index (χ1) is 9.32. The Morgan fingerprint density at radius 2 is 1.95 bits per heavy atom. The first-order valence-corrected chi connectivity index (χ1v) is 6.18. The molecule has 0 radical (unpaired) electrons. The van der Waals surface area contributed by atoms with E-state index in [2.05, 4.69) is 0 Å². The lowest BCUT2D eigenvalue weighted by molar-refractivity contribution is -0.140. The highest BCUT2D eigenvalue weighted by Gasteiger charge is 2.36. The molecule has 1 aromatic rings. The molecule has 0 saturated carbocycles. The number of carbonyl (C=O) groups excluding carboxylic acids is 1. The van der Waals surface area contributed by atoms with Crippen LogP contribution in [0.4, 0.5) is 17.6 Å². The molecule has 0 atom stereocenters. The van der Waals surface area contributed by atoms with Crippen molar-refractivity contribution in [1.82, 2.24) is 4.90 Å². The fourth-order valence-electron chi connectivity index (χ4n) is 1.83. The predicted octanol–water partition coefficient (Wildman–Crippen LogP) is 2.66. The van der Waals surface area contributed by atoms with Crippen LogP contribution in [0.5, 0.6) is 0 Å². The molecular weight excluding hydrogens is 276 g/mol. The van der Waals surface area contributed by atoms with E-state index in [1.54, 1.807) is 6.92 Å². The zero-order chi connectivity index (χ0) is 15.3. The number of nitrogens with two attached hydrogens (primary N) is 1. The van der Waals surface area contributed by atoms with E-state index in [1.807, 2.05) is 0 Å². The molecule has 0 aromatic heterocycles. The van der Waals surface area contributed by atoms with Crippen molar-refractivity contribution in [3.63, 3.8) is 0 Å². The second-order valence-corrected chi connectivity index (χ2v) is 4.25. The molecule has 1 rings (SSSR count). The Bertz CT molecular complexity index is 468. The van der Waals surface area contributed by atoms with E-state index in [0.29, 0.717) is 19.0 Å². The maximum atomic E-state index is 13.9. The summed E-state index contributed by atoms with van der Waals surface area (Å²) in [6.45, 7) is 2.44. The summed E-state index contributed by atoms with van der Waals surface area (Å²) in [7, 11) is 0. The van der Waals surface area contributed by atoms with Crippen LogP contribution in [0.15, 0.2) is 18.2 Å². The van der Waals surface area contributed by atoms with Gasteiger partial charge in [-0.05, 0) is 18.6 Å². The Morgan fingerprint density at radius 1 is 1.30 bits per heavy atom. The van der Waals surface area contributed by atoms with E-state index in [-0.39, 0.29) is 13.1 Å². The van der Waals surface area contributed by atoms with Crippen LogP contribution < -0.4 is 5.73 Å². The number of hydrogen-bond acceptors (Lipinski definition) is 2. The van der Waals surface area contributed by atoms with Gasteiger partial charge in [0, 0.05) is 19.6 Å². The average Bonchev–Trinajstić information content (AvgIpc) is 2.36. The van der Waals surface area contributed by atoms with Crippen LogP contribution in [-0.2, 0) is 6.18 Å². The lowest BCUT2D eigenvalue weighted by Gasteiger charge is -2.22. The smallest absolute Gasteiger partial charge is 0.337 e. The molecule has 1 aromatic carbocycles. The first kappa shape index (κ1) is 16.4. The predicted molar refractivity (Wildman–Crippen MR) is 66.7 cm³/mol. The molecule has 0 fully saturated rings. The Kier molecular flexibility index (Phi) is 5.50. The average molecular weight is 292 g/mol. The summed E-state index contributed by atoms with van der Waals surface area (Å²) in [6, 6.07) is 2.68. The molecule has 7 heteroatoms. The number of carbonyl (C=O) groups is 1. The van der Waals surface area contributed by atoms with Crippen LogP contribution in [0.1, 0.15) is 29.3 Å². The standard InChI is InChI=1S/C13H16F4N2O/c1-2-7-19(8-6-18)12(20)9-4-3-5-10(11(9)14)13(15,16)17/h3-5H,2,6-8,18H2,1H3. The molecule has 0 bridgehead atoms. The van der Waals surface area contributed by atoms with Gasteiger partial charge in [0.1, 0.15) is 5.82 Å². The van der Waals surface area contributed by atoms with Gasteiger partial charge in [0.25, 0.3) is 5.91 Å². The van der Waals surface area contributed by atoms with Crippen molar-refractivity contribution in [2.24, 2.45) is 5.73 Å². The van der Waals surface area contributed by atoms with Crippen molar-refractivity contribution in [3.05, 3.63) is 35.1 Å². The second kappa shape index (κ2) is 6.69. The van der Waals surface area contributed by atoms with Gasteiger partial charge < -0.3 is 10.6 Å². The van der Waals surface area contributed by atoms with Crippen LogP contribution in [0, 0.1) is 5.82 Å². The number of amides is 1. The normalized spacial score (nSPS) is 11.5. The maximum Gasteiger partial charge on any atom is 0.419 e. The van der Waals surface area contributed by atoms with Gasteiger partial charge >= 0.3 is 6.18 Å². The van der Waals surface area contributed by atoms with Gasteiger partial charge in [-0.1, -0.05) is 13.0 Å². The molecule has 20 heavy (non-hydrogen) atoms. The van der Waals surface area contributed by atoms with E-state index in [9.17, 15) is 22.4 Å². The van der Waals surface area contributed by atoms with E-state index >= 15 is 0 Å². The van der Waals surface area contributed by atoms with Crippen LogP contribution in [-0.4, -0.2) is 30.4 Å². The molecule has 1 amide bonds. The van der Waals surface area contributed by atoms with Gasteiger partial charge in [0.2, 0.25) is 0 Å². The highest BCUT2D eigenvalue weighted by molar-refractivity contribution is 5.94. The highest BCUT2D eigenvalue weighted by Crippen LogP contribution is 2.32. The molecular formula is C13H16F4N2O. The zero-order valence-electron chi connectivity index (χ0n) is 11.0.